The summed E-state index contributed by atoms with van der Waals surface area (Å²) in [6, 6.07) is 0. The molecule has 0 aromatic rings. The van der Waals surface area contributed by atoms with Crippen LogP contribution in [-0.2, 0) is 19.1 Å². The average Bonchev–Trinajstić information content (AvgIpc) is 2.15. The first-order valence-corrected chi connectivity index (χ1v) is 5.23. The molecule has 0 amide bonds. The van der Waals surface area contributed by atoms with Crippen LogP contribution in [0, 0.1) is 0 Å². The maximum atomic E-state index is 13.1. The summed E-state index contributed by atoms with van der Waals surface area (Å²) < 4.78 is 60.8. The number of halogens is 4. The minimum atomic E-state index is -4.66. The van der Waals surface area contributed by atoms with E-state index in [0.717, 1.165) is 0 Å². The van der Waals surface area contributed by atoms with E-state index in [-0.39, 0.29) is 13.2 Å². The second kappa shape index (κ2) is 6.55. The number of carbonyl (C=O) groups excluding carboxylic acids is 2. The monoisotopic (exact) mass is 274 g/mol. The third-order valence-corrected chi connectivity index (χ3v) is 1.88. The minimum Gasteiger partial charge on any atom is -0.466 e. The Hall–Kier alpha value is -1.34. The lowest BCUT2D eigenvalue weighted by atomic mass is 10.1. The fourth-order valence-electron chi connectivity index (χ4n) is 1.05. The van der Waals surface area contributed by atoms with Crippen LogP contribution in [0.1, 0.15) is 26.7 Å². The summed E-state index contributed by atoms with van der Waals surface area (Å²) in [6.07, 6.45) is -3.57. The molecule has 0 heterocycles. The van der Waals surface area contributed by atoms with Gasteiger partial charge in [0.05, 0.1) is 13.2 Å². The topological polar surface area (TPSA) is 52.6 Å². The number of hydrogen-bond acceptors (Lipinski definition) is 4. The molecule has 0 atom stereocenters. The van der Waals surface area contributed by atoms with Gasteiger partial charge >= 0.3 is 23.8 Å². The van der Waals surface area contributed by atoms with Crippen molar-refractivity contribution in [2.24, 2.45) is 0 Å². The molecule has 0 bridgehead atoms. The van der Waals surface area contributed by atoms with E-state index in [1.165, 1.54) is 13.8 Å². The van der Waals surface area contributed by atoms with Gasteiger partial charge in [0.1, 0.15) is 12.8 Å². The zero-order chi connectivity index (χ0) is 14.4. The van der Waals surface area contributed by atoms with Gasteiger partial charge in [-0.15, -0.1) is 0 Å². The fraction of sp³-hybridized carbons (Fsp3) is 0.800. The summed E-state index contributed by atoms with van der Waals surface area (Å²) in [5.41, 5.74) is 0. The van der Waals surface area contributed by atoms with E-state index in [9.17, 15) is 27.2 Å². The van der Waals surface area contributed by atoms with E-state index in [1.54, 1.807) is 0 Å². The van der Waals surface area contributed by atoms with Crippen LogP contribution in [0.15, 0.2) is 0 Å². The zero-order valence-electron chi connectivity index (χ0n) is 9.97. The maximum Gasteiger partial charge on any atom is 0.321 e. The summed E-state index contributed by atoms with van der Waals surface area (Å²) in [6.45, 7) is 2.32. The van der Waals surface area contributed by atoms with Crippen LogP contribution >= 0.6 is 0 Å². The van der Waals surface area contributed by atoms with E-state index in [2.05, 4.69) is 9.47 Å². The van der Waals surface area contributed by atoms with E-state index in [4.69, 9.17) is 0 Å². The van der Waals surface area contributed by atoms with Crippen LogP contribution in [0.5, 0.6) is 0 Å². The Morgan fingerprint density at radius 1 is 0.833 bits per heavy atom. The molecule has 0 aliphatic heterocycles. The van der Waals surface area contributed by atoms with Crippen molar-refractivity contribution < 1.29 is 36.6 Å². The molecule has 0 spiro atoms. The first-order chi connectivity index (χ1) is 8.16. The highest BCUT2D eigenvalue weighted by atomic mass is 19.3. The van der Waals surface area contributed by atoms with Gasteiger partial charge in [0.15, 0.2) is 0 Å². The van der Waals surface area contributed by atoms with Gasteiger partial charge < -0.3 is 9.47 Å². The highest BCUT2D eigenvalue weighted by molar-refractivity contribution is 5.72. The second-order valence-corrected chi connectivity index (χ2v) is 3.37. The minimum absolute atomic E-state index is 0.196. The van der Waals surface area contributed by atoms with E-state index in [0.29, 0.717) is 0 Å². The van der Waals surface area contributed by atoms with Gasteiger partial charge in [0, 0.05) is 0 Å². The number of hydrogen-bond donors (Lipinski definition) is 0. The van der Waals surface area contributed by atoms with Crippen molar-refractivity contribution in [3.8, 4) is 0 Å². The highest BCUT2D eigenvalue weighted by Gasteiger charge is 2.58. The maximum absolute atomic E-state index is 13.1. The molecular formula is C10H14F4O4. The summed E-state index contributed by atoms with van der Waals surface area (Å²) in [5.74, 6) is -12.2. The van der Waals surface area contributed by atoms with Crippen molar-refractivity contribution in [2.75, 3.05) is 13.2 Å². The molecule has 0 N–H and O–H groups in total. The molecule has 0 aliphatic carbocycles. The van der Waals surface area contributed by atoms with Crippen LogP contribution in [-0.4, -0.2) is 37.0 Å². The molecule has 0 aromatic heterocycles. The largest absolute Gasteiger partial charge is 0.466 e. The lowest BCUT2D eigenvalue weighted by Gasteiger charge is -2.24. The van der Waals surface area contributed by atoms with E-state index < -0.39 is 36.6 Å². The molecule has 0 radical (unpaired) electrons. The van der Waals surface area contributed by atoms with Gasteiger partial charge in [-0.25, -0.2) is 0 Å². The SMILES string of the molecule is CCOC(=O)CC(F)(F)C(F)(F)CC(=O)OCC. The summed E-state index contributed by atoms with van der Waals surface area (Å²) in [4.78, 5) is 21.5. The van der Waals surface area contributed by atoms with E-state index in [1.807, 2.05) is 0 Å². The number of rotatable bonds is 7. The molecule has 8 heteroatoms. The average molecular weight is 274 g/mol. The Bertz CT molecular complexity index is 274. The standard InChI is InChI=1S/C10H14F4O4/c1-3-17-7(15)5-9(11,12)10(13,14)6-8(16)18-4-2/h3-6H2,1-2H3. The van der Waals surface area contributed by atoms with Gasteiger partial charge in [-0.1, -0.05) is 0 Å². The van der Waals surface area contributed by atoms with Crippen LogP contribution in [0.25, 0.3) is 0 Å². The van der Waals surface area contributed by atoms with Crippen molar-refractivity contribution in [3.63, 3.8) is 0 Å². The number of ether oxygens (including phenoxy) is 2. The van der Waals surface area contributed by atoms with Gasteiger partial charge in [-0.05, 0) is 13.8 Å². The molecular weight excluding hydrogens is 260 g/mol. The Labute approximate surface area is 101 Å². The number of esters is 2. The van der Waals surface area contributed by atoms with Crippen LogP contribution in [0.2, 0.25) is 0 Å². The second-order valence-electron chi connectivity index (χ2n) is 3.37. The van der Waals surface area contributed by atoms with Gasteiger partial charge in [-0.2, -0.15) is 17.6 Å². The summed E-state index contributed by atoms with van der Waals surface area (Å²) in [7, 11) is 0. The van der Waals surface area contributed by atoms with Gasteiger partial charge in [0.2, 0.25) is 0 Å². The number of alkyl halides is 4. The summed E-state index contributed by atoms with van der Waals surface area (Å²) >= 11 is 0. The molecule has 0 fully saturated rings. The van der Waals surface area contributed by atoms with Crippen molar-refractivity contribution in [1.29, 1.82) is 0 Å². The first-order valence-electron chi connectivity index (χ1n) is 5.23. The zero-order valence-corrected chi connectivity index (χ0v) is 9.97. The molecule has 4 nitrogen and oxygen atoms in total. The molecule has 0 aromatic carbocycles. The van der Waals surface area contributed by atoms with Crippen molar-refractivity contribution >= 4 is 11.9 Å². The van der Waals surface area contributed by atoms with Crippen LogP contribution < -0.4 is 0 Å². The smallest absolute Gasteiger partial charge is 0.321 e. The van der Waals surface area contributed by atoms with Crippen molar-refractivity contribution in [3.05, 3.63) is 0 Å². The lowest BCUT2D eigenvalue weighted by Crippen LogP contribution is -2.44. The Kier molecular flexibility index (Phi) is 6.07. The van der Waals surface area contributed by atoms with Gasteiger partial charge in [-0.3, -0.25) is 9.59 Å². The van der Waals surface area contributed by atoms with Gasteiger partial charge in [0.25, 0.3) is 0 Å². The molecule has 18 heavy (non-hydrogen) atoms. The summed E-state index contributed by atoms with van der Waals surface area (Å²) in [5, 5.41) is 0. The van der Waals surface area contributed by atoms with Crippen molar-refractivity contribution in [1.82, 2.24) is 0 Å². The molecule has 0 saturated carbocycles. The van der Waals surface area contributed by atoms with Crippen LogP contribution in [0.4, 0.5) is 17.6 Å². The lowest BCUT2D eigenvalue weighted by molar-refractivity contribution is -0.223. The normalized spacial score (nSPS) is 12.1. The predicted octanol–water partition coefficient (Wildman–Crippen LogP) is 2.16. The third kappa shape index (κ3) is 4.89. The Morgan fingerprint density at radius 3 is 1.33 bits per heavy atom. The molecule has 0 rings (SSSR count). The quantitative estimate of drug-likeness (QED) is 0.527. The highest BCUT2D eigenvalue weighted by Crippen LogP contribution is 2.39. The molecule has 106 valence electrons. The Morgan fingerprint density at radius 2 is 1.11 bits per heavy atom. The molecule has 0 aliphatic rings. The fourth-order valence-corrected chi connectivity index (χ4v) is 1.05. The van der Waals surface area contributed by atoms with E-state index >= 15 is 0 Å². The third-order valence-electron chi connectivity index (χ3n) is 1.88. The van der Waals surface area contributed by atoms with Crippen molar-refractivity contribution in [2.45, 2.75) is 38.5 Å². The predicted molar refractivity (Wildman–Crippen MR) is 52.4 cm³/mol. The number of carbonyl (C=O) groups is 2. The molecule has 0 saturated heterocycles. The Balaban J connectivity index is 4.63. The molecule has 0 unspecified atom stereocenters. The first kappa shape index (κ1) is 16.7. The van der Waals surface area contributed by atoms with Crippen LogP contribution in [0.3, 0.4) is 0 Å².